The molecule has 1 aromatic carbocycles. The van der Waals surface area contributed by atoms with Crippen LogP contribution in [-0.4, -0.2) is 75.3 Å². The number of aliphatic hydroxyl groups is 1. The highest BCUT2D eigenvalue weighted by Crippen LogP contribution is 2.40. The molecule has 0 radical (unpaired) electrons. The minimum Gasteiger partial charge on any atom is -0.406 e. The lowest BCUT2D eigenvalue weighted by Gasteiger charge is -2.41. The number of nitrogens with zero attached hydrogens (tertiary/aromatic N) is 4. The molecule has 0 bridgehead atoms. The van der Waals surface area contributed by atoms with Gasteiger partial charge in [-0.2, -0.15) is 0 Å². The molecule has 1 amide bonds. The lowest BCUT2D eigenvalue weighted by Crippen LogP contribution is -2.54. The Hall–Kier alpha value is -2.63. The van der Waals surface area contributed by atoms with Crippen molar-refractivity contribution in [2.75, 3.05) is 31.5 Å². The van der Waals surface area contributed by atoms with Crippen LogP contribution in [0.25, 0.3) is 0 Å². The fourth-order valence-electron chi connectivity index (χ4n) is 5.84. The fraction of sp³-hybridized carbons (Fsp3) is 0.654. The topological polar surface area (TPSA) is 107 Å². The van der Waals surface area contributed by atoms with Crippen LogP contribution in [0.5, 0.6) is 0 Å². The van der Waals surface area contributed by atoms with E-state index in [-0.39, 0.29) is 43.3 Å². The number of hydrogen-bond acceptors (Lipinski definition) is 8. The second kappa shape index (κ2) is 10.3. The number of aromatic nitrogens is 2. The molecule has 3 aliphatic rings. The van der Waals surface area contributed by atoms with E-state index in [1.54, 1.807) is 4.90 Å². The first-order valence-electron chi connectivity index (χ1n) is 13.1. The smallest absolute Gasteiger partial charge is 0.320 e. The summed E-state index contributed by atoms with van der Waals surface area (Å²) < 4.78 is 33.1. The molecule has 1 unspecified atom stereocenters. The van der Waals surface area contributed by atoms with Gasteiger partial charge in [0.25, 0.3) is 0 Å². The van der Waals surface area contributed by atoms with Gasteiger partial charge >= 0.3 is 6.01 Å². The van der Waals surface area contributed by atoms with Crippen LogP contribution >= 0.6 is 0 Å². The van der Waals surface area contributed by atoms with Crippen molar-refractivity contribution in [3.63, 3.8) is 0 Å². The zero-order valence-corrected chi connectivity index (χ0v) is 21.6. The van der Waals surface area contributed by atoms with Crippen molar-refractivity contribution in [2.45, 2.75) is 77.1 Å². The average Bonchev–Trinajstić information content (AvgIpc) is 3.56. The number of benzene rings is 1. The van der Waals surface area contributed by atoms with E-state index in [2.05, 4.69) is 31.8 Å². The minimum atomic E-state index is -2.71. The third-order valence-electron chi connectivity index (χ3n) is 7.94. The molecule has 11 heteroatoms. The number of carbonyl (C=O) groups is 1. The van der Waals surface area contributed by atoms with Crippen molar-refractivity contribution < 1.29 is 23.1 Å². The van der Waals surface area contributed by atoms with Crippen molar-refractivity contribution in [3.8, 4) is 0 Å². The van der Waals surface area contributed by atoms with E-state index in [0.29, 0.717) is 45.0 Å². The molecule has 5 rings (SSSR count). The molecular weight excluding hydrogens is 482 g/mol. The van der Waals surface area contributed by atoms with Gasteiger partial charge < -0.3 is 25.1 Å². The molecule has 3 heterocycles. The van der Waals surface area contributed by atoms with E-state index >= 15 is 0 Å². The Morgan fingerprint density at radius 3 is 2.76 bits per heavy atom. The third-order valence-corrected chi connectivity index (χ3v) is 7.94. The molecule has 9 nitrogen and oxygen atoms in total. The van der Waals surface area contributed by atoms with Crippen molar-refractivity contribution in [1.29, 1.82) is 0 Å². The van der Waals surface area contributed by atoms with Gasteiger partial charge in [-0.1, -0.05) is 11.2 Å². The van der Waals surface area contributed by atoms with Crippen LogP contribution in [-0.2, 0) is 11.3 Å². The zero-order valence-electron chi connectivity index (χ0n) is 21.6. The molecule has 2 aromatic rings. The molecule has 1 aliphatic carbocycles. The molecule has 37 heavy (non-hydrogen) atoms. The molecule has 2 saturated heterocycles. The van der Waals surface area contributed by atoms with Crippen LogP contribution in [0.4, 0.5) is 20.5 Å². The SMILES string of the molecule is Cc1cc(CN2CCN(C(=O)C3CCC(F)(F)C3)[C@@H](C)C2)c(C)c(Nc2nnc([C@H]3NCC[C@H]3O)o2)c1. The lowest BCUT2D eigenvalue weighted by molar-refractivity contribution is -0.141. The van der Waals surface area contributed by atoms with Crippen LogP contribution in [0.2, 0.25) is 0 Å². The molecule has 1 aromatic heterocycles. The highest BCUT2D eigenvalue weighted by Gasteiger charge is 2.44. The number of rotatable bonds is 6. The highest BCUT2D eigenvalue weighted by molar-refractivity contribution is 5.79. The molecule has 2 aliphatic heterocycles. The first-order chi connectivity index (χ1) is 17.6. The molecule has 202 valence electrons. The van der Waals surface area contributed by atoms with Gasteiger partial charge in [-0.25, -0.2) is 8.78 Å². The molecule has 4 atom stereocenters. The summed E-state index contributed by atoms with van der Waals surface area (Å²) in [4.78, 5) is 17.0. The first-order valence-corrected chi connectivity index (χ1v) is 13.1. The van der Waals surface area contributed by atoms with Crippen LogP contribution in [0.15, 0.2) is 16.5 Å². The van der Waals surface area contributed by atoms with Gasteiger partial charge in [-0.15, -0.1) is 5.10 Å². The Balaban J connectivity index is 1.22. The number of alkyl halides is 2. The standard InChI is InChI=1S/C26H36F2N6O3/c1-15-10-19(14-33-8-9-34(16(2)13-33)24(36)18-4-6-26(27,28)12-18)17(3)20(11-15)30-25-32-31-23(37-25)22-21(35)5-7-29-22/h10-11,16,18,21-22,29,35H,4-9,12-14H2,1-3H3,(H,30,32)/t16-,18?,21+,22-/m0/s1. The number of anilines is 2. The van der Waals surface area contributed by atoms with Crippen molar-refractivity contribution >= 4 is 17.6 Å². The van der Waals surface area contributed by atoms with E-state index in [1.165, 1.54) is 0 Å². The van der Waals surface area contributed by atoms with E-state index in [0.717, 1.165) is 22.4 Å². The number of halogens is 2. The maximum absolute atomic E-state index is 13.6. The van der Waals surface area contributed by atoms with Crippen LogP contribution in [0.3, 0.4) is 0 Å². The predicted molar refractivity (Wildman–Crippen MR) is 134 cm³/mol. The maximum Gasteiger partial charge on any atom is 0.320 e. The summed E-state index contributed by atoms with van der Waals surface area (Å²) in [5.41, 5.74) is 4.16. The fourth-order valence-corrected chi connectivity index (χ4v) is 5.84. The van der Waals surface area contributed by atoms with Gasteiger partial charge in [0.2, 0.25) is 17.7 Å². The Labute approximate surface area is 215 Å². The van der Waals surface area contributed by atoms with Crippen molar-refractivity contribution in [3.05, 3.63) is 34.7 Å². The molecule has 0 spiro atoms. The number of piperazine rings is 1. The summed E-state index contributed by atoms with van der Waals surface area (Å²) in [6.45, 7) is 9.41. The van der Waals surface area contributed by atoms with Gasteiger partial charge in [-0.05, 0) is 62.9 Å². The van der Waals surface area contributed by atoms with E-state index in [4.69, 9.17) is 4.42 Å². The zero-order chi connectivity index (χ0) is 26.3. The van der Waals surface area contributed by atoms with Crippen molar-refractivity contribution in [2.24, 2.45) is 5.92 Å². The number of carbonyl (C=O) groups excluding carboxylic acids is 1. The monoisotopic (exact) mass is 518 g/mol. The molecule has 3 fully saturated rings. The van der Waals surface area contributed by atoms with Crippen LogP contribution < -0.4 is 10.6 Å². The second-order valence-electron chi connectivity index (χ2n) is 10.9. The molecule has 1 saturated carbocycles. The van der Waals surface area contributed by atoms with Gasteiger partial charge in [0.15, 0.2) is 0 Å². The Morgan fingerprint density at radius 2 is 2.08 bits per heavy atom. The van der Waals surface area contributed by atoms with E-state index in [1.807, 2.05) is 26.8 Å². The van der Waals surface area contributed by atoms with Crippen LogP contribution in [0.1, 0.15) is 61.2 Å². The second-order valence-corrected chi connectivity index (χ2v) is 10.9. The van der Waals surface area contributed by atoms with Gasteiger partial charge in [0.05, 0.1) is 6.10 Å². The summed E-state index contributed by atoms with van der Waals surface area (Å²) >= 11 is 0. The average molecular weight is 519 g/mol. The Bertz CT molecular complexity index is 1140. The van der Waals surface area contributed by atoms with Gasteiger partial charge in [-0.3, -0.25) is 9.69 Å². The Morgan fingerprint density at radius 1 is 1.27 bits per heavy atom. The minimum absolute atomic E-state index is 0.0328. The number of amides is 1. The first kappa shape index (κ1) is 26.0. The van der Waals surface area contributed by atoms with E-state index in [9.17, 15) is 18.7 Å². The highest BCUT2D eigenvalue weighted by atomic mass is 19.3. The largest absolute Gasteiger partial charge is 0.406 e. The maximum atomic E-state index is 13.6. The molecule has 3 N–H and O–H groups in total. The number of aryl methyl sites for hydroxylation is 1. The number of nitrogens with one attached hydrogen (secondary N) is 2. The van der Waals surface area contributed by atoms with Gasteiger partial charge in [0.1, 0.15) is 6.04 Å². The summed E-state index contributed by atoms with van der Waals surface area (Å²) in [7, 11) is 0. The van der Waals surface area contributed by atoms with Crippen LogP contribution in [0, 0.1) is 19.8 Å². The number of aliphatic hydroxyl groups excluding tert-OH is 1. The summed E-state index contributed by atoms with van der Waals surface area (Å²) in [5.74, 6) is -3.03. The lowest BCUT2D eigenvalue weighted by atomic mass is 10.0. The third kappa shape index (κ3) is 5.63. The van der Waals surface area contributed by atoms with Crippen molar-refractivity contribution in [1.82, 2.24) is 25.3 Å². The summed E-state index contributed by atoms with van der Waals surface area (Å²) in [6.07, 6.45) is -0.135. The quantitative estimate of drug-likeness (QED) is 0.535. The predicted octanol–water partition coefficient (Wildman–Crippen LogP) is 3.29. The van der Waals surface area contributed by atoms with E-state index < -0.39 is 17.9 Å². The normalized spacial score (nSPS) is 28.1. The summed E-state index contributed by atoms with van der Waals surface area (Å²) in [6, 6.07) is 4.07. The van der Waals surface area contributed by atoms with Gasteiger partial charge in [0, 0.05) is 56.7 Å². The summed E-state index contributed by atoms with van der Waals surface area (Å²) in [5, 5.41) is 24.7. The molecular formula is C26H36F2N6O3. The number of hydrogen-bond donors (Lipinski definition) is 3. The Kier molecular flexibility index (Phi) is 7.21.